The fourth-order valence-electron chi connectivity index (χ4n) is 1.93. The van der Waals surface area contributed by atoms with E-state index in [9.17, 15) is 9.28 Å². The van der Waals surface area contributed by atoms with Gasteiger partial charge in [-0.05, 0) is 18.8 Å². The Labute approximate surface area is 84.2 Å². The highest BCUT2D eigenvalue weighted by Crippen LogP contribution is 2.28. The molecule has 0 bridgehead atoms. The maximum Gasteiger partial charge on any atom is 0.325 e. The van der Waals surface area contributed by atoms with Crippen molar-refractivity contribution in [2.75, 3.05) is 13.7 Å². The summed E-state index contributed by atoms with van der Waals surface area (Å²) < 4.78 is 17.8. The summed E-state index contributed by atoms with van der Waals surface area (Å²) in [7, 11) is 1.30. The minimum atomic E-state index is -0.665. The van der Waals surface area contributed by atoms with Crippen molar-refractivity contribution in [3.05, 3.63) is 0 Å². The second kappa shape index (κ2) is 5.29. The van der Waals surface area contributed by atoms with Gasteiger partial charge in [0.2, 0.25) is 0 Å². The molecule has 0 aromatic carbocycles. The Hall–Kier alpha value is -0.640. The van der Waals surface area contributed by atoms with Crippen LogP contribution in [0.25, 0.3) is 0 Å². The molecule has 0 aromatic rings. The summed E-state index contributed by atoms with van der Waals surface area (Å²) in [4.78, 5) is 11.1. The average molecular weight is 203 g/mol. The highest BCUT2D eigenvalue weighted by atomic mass is 19.2. The van der Waals surface area contributed by atoms with Crippen LogP contribution in [0.4, 0.5) is 4.48 Å². The molecule has 0 amide bonds. The molecule has 1 rings (SSSR count). The van der Waals surface area contributed by atoms with Gasteiger partial charge in [-0.25, -0.2) is 0 Å². The second-order valence-electron chi connectivity index (χ2n) is 3.87. The standard InChI is InChI=1S/C10H18FNO2/c1-3-4-5-8-6-9(10(13)14-2)12(11)7-8/h8-9H,3-7H2,1-2H3/t8?,9-/m0/s1. The van der Waals surface area contributed by atoms with Gasteiger partial charge in [0.15, 0.2) is 0 Å². The van der Waals surface area contributed by atoms with Gasteiger partial charge in [-0.15, -0.1) is 9.60 Å². The van der Waals surface area contributed by atoms with E-state index in [1.807, 2.05) is 0 Å². The van der Waals surface area contributed by atoms with E-state index >= 15 is 0 Å². The molecule has 1 fully saturated rings. The molecule has 3 nitrogen and oxygen atoms in total. The summed E-state index contributed by atoms with van der Waals surface area (Å²) >= 11 is 0. The number of ether oxygens (including phenoxy) is 1. The Morgan fingerprint density at radius 2 is 2.36 bits per heavy atom. The lowest BCUT2D eigenvalue weighted by Gasteiger charge is -2.10. The van der Waals surface area contributed by atoms with Crippen molar-refractivity contribution in [3.63, 3.8) is 0 Å². The van der Waals surface area contributed by atoms with E-state index in [4.69, 9.17) is 0 Å². The van der Waals surface area contributed by atoms with Crippen molar-refractivity contribution in [1.82, 2.24) is 5.12 Å². The summed E-state index contributed by atoms with van der Waals surface area (Å²) in [6.07, 6.45) is 3.83. The highest BCUT2D eigenvalue weighted by molar-refractivity contribution is 5.75. The molecule has 0 aliphatic carbocycles. The molecule has 0 aromatic heterocycles. The van der Waals surface area contributed by atoms with Gasteiger partial charge in [-0.2, -0.15) is 0 Å². The van der Waals surface area contributed by atoms with Crippen LogP contribution in [-0.2, 0) is 9.53 Å². The number of hydrogen-bond acceptors (Lipinski definition) is 3. The molecule has 1 unspecified atom stereocenters. The molecule has 4 heteroatoms. The van der Waals surface area contributed by atoms with Crippen molar-refractivity contribution in [1.29, 1.82) is 0 Å². The van der Waals surface area contributed by atoms with Gasteiger partial charge in [0.25, 0.3) is 0 Å². The van der Waals surface area contributed by atoms with Crippen LogP contribution in [0.5, 0.6) is 0 Å². The molecule has 0 saturated carbocycles. The monoisotopic (exact) mass is 203 g/mol. The lowest BCUT2D eigenvalue weighted by molar-refractivity contribution is -0.151. The number of rotatable bonds is 4. The number of unbranched alkanes of at least 4 members (excludes halogenated alkanes) is 1. The van der Waals surface area contributed by atoms with Gasteiger partial charge in [0.1, 0.15) is 6.04 Å². The average Bonchev–Trinajstić information content (AvgIpc) is 2.55. The molecule has 1 aliphatic rings. The smallest absolute Gasteiger partial charge is 0.325 e. The molecular formula is C10H18FNO2. The Morgan fingerprint density at radius 1 is 1.64 bits per heavy atom. The first-order chi connectivity index (χ1) is 6.69. The van der Waals surface area contributed by atoms with Crippen LogP contribution in [0, 0.1) is 5.92 Å². The normalized spacial score (nSPS) is 27.9. The van der Waals surface area contributed by atoms with E-state index in [0.717, 1.165) is 19.3 Å². The molecule has 1 saturated heterocycles. The first kappa shape index (κ1) is 11.4. The lowest BCUT2D eigenvalue weighted by atomic mass is 9.99. The van der Waals surface area contributed by atoms with Crippen LogP contribution in [-0.4, -0.2) is 30.8 Å². The molecule has 0 N–H and O–H groups in total. The predicted octanol–water partition coefficient (Wildman–Crippen LogP) is 1.92. The van der Waals surface area contributed by atoms with Crippen LogP contribution in [0.2, 0.25) is 0 Å². The number of esters is 1. The zero-order valence-electron chi connectivity index (χ0n) is 8.83. The summed E-state index contributed by atoms with van der Waals surface area (Å²) in [6.45, 7) is 2.49. The topological polar surface area (TPSA) is 29.5 Å². The third-order valence-corrected chi connectivity index (χ3v) is 2.77. The first-order valence-corrected chi connectivity index (χ1v) is 5.19. The SMILES string of the molecule is CCCCC1C[C@@H](C(=O)OC)N(F)C1. The molecule has 1 heterocycles. The Balaban J connectivity index is 2.39. The number of nitrogens with zero attached hydrogens (tertiary/aromatic N) is 1. The van der Waals surface area contributed by atoms with Gasteiger partial charge in [-0.3, -0.25) is 4.79 Å². The van der Waals surface area contributed by atoms with Gasteiger partial charge in [0, 0.05) is 6.54 Å². The van der Waals surface area contributed by atoms with Crippen molar-refractivity contribution in [3.8, 4) is 0 Å². The molecule has 82 valence electrons. The fourth-order valence-corrected chi connectivity index (χ4v) is 1.93. The molecule has 14 heavy (non-hydrogen) atoms. The molecule has 1 aliphatic heterocycles. The summed E-state index contributed by atoms with van der Waals surface area (Å²) in [6, 6.07) is -0.665. The van der Waals surface area contributed by atoms with Gasteiger partial charge < -0.3 is 4.74 Å². The zero-order valence-corrected chi connectivity index (χ0v) is 8.83. The van der Waals surface area contributed by atoms with Crippen molar-refractivity contribution >= 4 is 5.97 Å². The zero-order chi connectivity index (χ0) is 10.6. The van der Waals surface area contributed by atoms with E-state index in [1.54, 1.807) is 0 Å². The first-order valence-electron chi connectivity index (χ1n) is 5.19. The fraction of sp³-hybridized carbons (Fsp3) is 0.900. The van der Waals surface area contributed by atoms with Crippen LogP contribution < -0.4 is 0 Å². The number of methoxy groups -OCH3 is 1. The third-order valence-electron chi connectivity index (χ3n) is 2.77. The quantitative estimate of drug-likeness (QED) is 0.516. The van der Waals surface area contributed by atoms with E-state index in [2.05, 4.69) is 11.7 Å². The van der Waals surface area contributed by atoms with E-state index < -0.39 is 12.0 Å². The van der Waals surface area contributed by atoms with Gasteiger partial charge in [-0.1, -0.05) is 19.8 Å². The maximum atomic E-state index is 13.2. The van der Waals surface area contributed by atoms with Crippen molar-refractivity contribution in [2.45, 2.75) is 38.6 Å². The molecule has 0 radical (unpaired) electrons. The molecule has 0 spiro atoms. The second-order valence-corrected chi connectivity index (χ2v) is 3.87. The summed E-state index contributed by atoms with van der Waals surface area (Å²) in [5.74, 6) is -0.143. The minimum absolute atomic E-state index is 0.309. The Morgan fingerprint density at radius 3 is 2.93 bits per heavy atom. The number of hydrogen-bond donors (Lipinski definition) is 0. The molecule has 2 atom stereocenters. The predicted molar refractivity (Wildman–Crippen MR) is 51.3 cm³/mol. The summed E-state index contributed by atoms with van der Waals surface area (Å²) in [5, 5.41) is 0.617. The highest BCUT2D eigenvalue weighted by Gasteiger charge is 2.37. The van der Waals surface area contributed by atoms with E-state index in [0.29, 0.717) is 24.0 Å². The van der Waals surface area contributed by atoms with Crippen LogP contribution in [0.3, 0.4) is 0 Å². The van der Waals surface area contributed by atoms with Crippen LogP contribution in [0.1, 0.15) is 32.6 Å². The van der Waals surface area contributed by atoms with Crippen LogP contribution >= 0.6 is 0 Å². The number of halogens is 1. The van der Waals surface area contributed by atoms with Crippen molar-refractivity contribution in [2.24, 2.45) is 5.92 Å². The van der Waals surface area contributed by atoms with Gasteiger partial charge >= 0.3 is 5.97 Å². The van der Waals surface area contributed by atoms with Crippen LogP contribution in [0.15, 0.2) is 0 Å². The summed E-state index contributed by atoms with van der Waals surface area (Å²) in [5.41, 5.74) is 0. The molecular weight excluding hydrogens is 185 g/mol. The van der Waals surface area contributed by atoms with E-state index in [-0.39, 0.29) is 0 Å². The maximum absolute atomic E-state index is 13.2. The Kier molecular flexibility index (Phi) is 4.32. The van der Waals surface area contributed by atoms with Gasteiger partial charge in [0.05, 0.1) is 7.11 Å². The minimum Gasteiger partial charge on any atom is -0.468 e. The number of carbonyl (C=O) groups excluding carboxylic acids is 1. The lowest BCUT2D eigenvalue weighted by Crippen LogP contribution is -2.30. The number of carbonyl (C=O) groups is 1. The third kappa shape index (κ3) is 2.67. The van der Waals surface area contributed by atoms with E-state index in [1.165, 1.54) is 7.11 Å². The van der Waals surface area contributed by atoms with Crippen molar-refractivity contribution < 1.29 is 14.0 Å². The Bertz CT molecular complexity index is 199. The largest absolute Gasteiger partial charge is 0.468 e.